The highest BCUT2D eigenvalue weighted by Gasteiger charge is 2.21. The second kappa shape index (κ2) is 11.7. The van der Waals surface area contributed by atoms with Gasteiger partial charge in [0, 0.05) is 29.3 Å². The molecule has 208 valence electrons. The average Bonchev–Trinajstić information content (AvgIpc) is 2.92. The predicted molar refractivity (Wildman–Crippen MR) is 150 cm³/mol. The van der Waals surface area contributed by atoms with Gasteiger partial charge in [-0.25, -0.2) is 8.78 Å². The largest absolute Gasteiger partial charge is 0.492 e. The number of ketones is 1. The lowest BCUT2D eigenvalue weighted by molar-refractivity contribution is 0.104. The van der Waals surface area contributed by atoms with Crippen LogP contribution in [0.1, 0.15) is 35.2 Å². The van der Waals surface area contributed by atoms with E-state index in [1.165, 1.54) is 37.5 Å². The monoisotopic (exact) mass is 565 g/mol. The lowest BCUT2D eigenvalue weighted by Gasteiger charge is -2.26. The molecule has 0 aromatic heterocycles. The van der Waals surface area contributed by atoms with Crippen LogP contribution in [0.15, 0.2) is 72.8 Å². The molecule has 0 saturated carbocycles. The Labute approximate surface area is 232 Å². The summed E-state index contributed by atoms with van der Waals surface area (Å²) in [6.07, 6.45) is 4.63. The summed E-state index contributed by atoms with van der Waals surface area (Å²) >= 11 is 0. The molecule has 5 rings (SSSR count). The number of hydrogen-bond donors (Lipinski definition) is 0. The van der Waals surface area contributed by atoms with E-state index in [-0.39, 0.29) is 28.2 Å². The molecule has 9 heteroatoms. The molecule has 1 aliphatic rings. The number of fused-ring (bicyclic) bond motifs is 1. The summed E-state index contributed by atoms with van der Waals surface area (Å²) in [6, 6.07) is 17.7. The maximum Gasteiger partial charge on any atom is 0.306 e. The summed E-state index contributed by atoms with van der Waals surface area (Å²) < 4.78 is 62.7. The van der Waals surface area contributed by atoms with Gasteiger partial charge in [-0.05, 0) is 96.9 Å². The zero-order chi connectivity index (χ0) is 28.3. The van der Waals surface area contributed by atoms with Gasteiger partial charge in [0.1, 0.15) is 29.7 Å². The van der Waals surface area contributed by atoms with Crippen molar-refractivity contribution in [3.63, 3.8) is 0 Å². The highest BCUT2D eigenvalue weighted by atomic mass is 32.2. The highest BCUT2D eigenvalue weighted by molar-refractivity contribution is 7.86. The van der Waals surface area contributed by atoms with Crippen LogP contribution in [0.4, 0.5) is 8.78 Å². The zero-order valence-corrected chi connectivity index (χ0v) is 22.8. The van der Waals surface area contributed by atoms with Crippen molar-refractivity contribution in [1.82, 2.24) is 4.90 Å². The van der Waals surface area contributed by atoms with Gasteiger partial charge in [-0.2, -0.15) is 8.42 Å². The highest BCUT2D eigenvalue weighted by Crippen LogP contribution is 2.35. The number of likely N-dealkylation sites (tertiary alicyclic amines) is 1. The van der Waals surface area contributed by atoms with Crippen LogP contribution in [0, 0.1) is 11.6 Å². The third-order valence-electron chi connectivity index (χ3n) is 6.93. The zero-order valence-electron chi connectivity index (χ0n) is 22.0. The Morgan fingerprint density at radius 3 is 2.25 bits per heavy atom. The fraction of sp³-hybridized carbons (Fsp3) is 0.258. The van der Waals surface area contributed by atoms with Gasteiger partial charge in [0.25, 0.3) is 0 Å². The predicted octanol–water partition coefficient (Wildman–Crippen LogP) is 6.22. The molecule has 6 nitrogen and oxygen atoms in total. The molecule has 1 saturated heterocycles. The van der Waals surface area contributed by atoms with Crippen LogP contribution in [-0.4, -0.2) is 51.6 Å². The van der Waals surface area contributed by atoms with E-state index in [2.05, 4.69) is 4.90 Å². The molecule has 0 atom stereocenters. The minimum absolute atomic E-state index is 0.0702. The van der Waals surface area contributed by atoms with Crippen molar-refractivity contribution in [3.05, 3.63) is 95.6 Å². The first-order valence-electron chi connectivity index (χ1n) is 13.1. The second-order valence-corrected chi connectivity index (χ2v) is 11.5. The summed E-state index contributed by atoms with van der Waals surface area (Å²) in [4.78, 5) is 16.3. The third kappa shape index (κ3) is 6.48. The van der Waals surface area contributed by atoms with Gasteiger partial charge in [-0.1, -0.05) is 18.6 Å². The molecule has 0 bridgehead atoms. The number of nitrogens with zero attached hydrogens (tertiary/aromatic N) is 1. The van der Waals surface area contributed by atoms with E-state index in [1.807, 2.05) is 0 Å². The number of ether oxygens (including phenoxy) is 1. The third-order valence-corrected chi connectivity index (χ3v) is 7.42. The van der Waals surface area contributed by atoms with Gasteiger partial charge in [0.05, 0.1) is 6.26 Å². The van der Waals surface area contributed by atoms with Crippen LogP contribution in [0.5, 0.6) is 11.5 Å². The number of hydrogen-bond acceptors (Lipinski definition) is 6. The quantitative estimate of drug-likeness (QED) is 0.177. The van der Waals surface area contributed by atoms with Crippen LogP contribution in [-0.2, 0) is 10.1 Å². The van der Waals surface area contributed by atoms with Crippen molar-refractivity contribution in [3.8, 4) is 22.6 Å². The van der Waals surface area contributed by atoms with Gasteiger partial charge in [-0.3, -0.25) is 9.69 Å². The van der Waals surface area contributed by atoms with Gasteiger partial charge >= 0.3 is 10.1 Å². The van der Waals surface area contributed by atoms with Crippen LogP contribution in [0.2, 0.25) is 0 Å². The van der Waals surface area contributed by atoms with E-state index >= 15 is 0 Å². The first kappa shape index (κ1) is 27.7. The molecule has 1 aliphatic heterocycles. The Hall–Kier alpha value is -3.82. The summed E-state index contributed by atoms with van der Waals surface area (Å²) in [5.74, 6) is -1.18. The number of piperidine rings is 1. The van der Waals surface area contributed by atoms with E-state index in [1.54, 1.807) is 42.5 Å². The lowest BCUT2D eigenvalue weighted by atomic mass is 9.89. The van der Waals surface area contributed by atoms with E-state index in [9.17, 15) is 22.0 Å². The smallest absolute Gasteiger partial charge is 0.306 e. The van der Waals surface area contributed by atoms with Crippen molar-refractivity contribution in [1.29, 1.82) is 0 Å². The van der Waals surface area contributed by atoms with E-state index < -0.39 is 21.8 Å². The molecule has 0 spiro atoms. The summed E-state index contributed by atoms with van der Waals surface area (Å²) in [5, 5.41) is 0.988. The number of rotatable bonds is 9. The normalized spacial score (nSPS) is 14.3. The fourth-order valence-corrected chi connectivity index (χ4v) is 5.49. The summed E-state index contributed by atoms with van der Waals surface area (Å²) in [7, 11) is -3.76. The van der Waals surface area contributed by atoms with E-state index in [0.717, 1.165) is 38.0 Å². The topological polar surface area (TPSA) is 72.9 Å². The van der Waals surface area contributed by atoms with Crippen molar-refractivity contribution in [2.24, 2.45) is 0 Å². The minimum Gasteiger partial charge on any atom is -0.492 e. The first-order valence-corrected chi connectivity index (χ1v) is 14.9. The molecule has 1 fully saturated rings. The molecule has 4 aromatic rings. The molecule has 4 aromatic carbocycles. The number of carbonyl (C=O) groups excluding carboxylic acids is 1. The Balaban J connectivity index is 1.48. The molecule has 0 unspecified atom stereocenters. The molecular formula is C31H29F2NO5S. The Morgan fingerprint density at radius 1 is 0.850 bits per heavy atom. The Bertz CT molecular complexity index is 1650. The fourth-order valence-electron chi connectivity index (χ4n) is 5.03. The molecule has 0 N–H and O–H groups in total. The standard InChI is InChI=1S/C31H29F2NO5S/c1-40(36,37)39-25-11-14-26-22(19-25)7-12-28(27-13-8-23(32)20-29(27)33)30(26)31(35)21-5-9-24(10-6-21)38-18-17-34-15-3-2-4-16-34/h5-14,19-20H,2-4,15-18H2,1H3. The van der Waals surface area contributed by atoms with Gasteiger partial charge in [-0.15, -0.1) is 0 Å². The molecule has 0 radical (unpaired) electrons. The molecule has 0 aliphatic carbocycles. The second-order valence-electron chi connectivity index (χ2n) is 9.89. The van der Waals surface area contributed by atoms with Crippen LogP contribution < -0.4 is 8.92 Å². The molecular weight excluding hydrogens is 536 g/mol. The van der Waals surface area contributed by atoms with Crippen LogP contribution in [0.25, 0.3) is 21.9 Å². The molecule has 0 amide bonds. The van der Waals surface area contributed by atoms with Gasteiger partial charge < -0.3 is 8.92 Å². The van der Waals surface area contributed by atoms with Crippen molar-refractivity contribution < 1.29 is 30.9 Å². The molecule has 40 heavy (non-hydrogen) atoms. The summed E-state index contributed by atoms with van der Waals surface area (Å²) in [6.45, 7) is 3.55. The van der Waals surface area contributed by atoms with Crippen LogP contribution >= 0.6 is 0 Å². The SMILES string of the molecule is CS(=O)(=O)Oc1ccc2c(C(=O)c3ccc(OCCN4CCCCC4)cc3)c(-c3ccc(F)cc3F)ccc2c1. The van der Waals surface area contributed by atoms with E-state index in [0.29, 0.717) is 28.7 Å². The first-order chi connectivity index (χ1) is 19.2. The van der Waals surface area contributed by atoms with E-state index in [4.69, 9.17) is 8.92 Å². The summed E-state index contributed by atoms with van der Waals surface area (Å²) in [5.41, 5.74) is 0.915. The molecule has 1 heterocycles. The lowest BCUT2D eigenvalue weighted by Crippen LogP contribution is -2.33. The van der Waals surface area contributed by atoms with Crippen molar-refractivity contribution in [2.75, 3.05) is 32.5 Å². The maximum absolute atomic E-state index is 14.9. The van der Waals surface area contributed by atoms with Crippen molar-refractivity contribution in [2.45, 2.75) is 19.3 Å². The Kier molecular flexibility index (Phi) is 8.14. The van der Waals surface area contributed by atoms with Gasteiger partial charge in [0.2, 0.25) is 0 Å². The number of halogens is 2. The van der Waals surface area contributed by atoms with Crippen molar-refractivity contribution >= 4 is 26.7 Å². The number of carbonyl (C=O) groups is 1. The van der Waals surface area contributed by atoms with Crippen LogP contribution in [0.3, 0.4) is 0 Å². The van der Waals surface area contributed by atoms with Gasteiger partial charge in [0.15, 0.2) is 5.78 Å². The number of benzene rings is 4. The minimum atomic E-state index is -3.76. The average molecular weight is 566 g/mol. The maximum atomic E-state index is 14.9. The Morgan fingerprint density at radius 2 is 1.55 bits per heavy atom.